The monoisotopic (exact) mass is 286 g/mol. The Morgan fingerprint density at radius 1 is 1.10 bits per heavy atom. The van der Waals surface area contributed by atoms with Crippen molar-refractivity contribution >= 4 is 5.82 Å². The van der Waals surface area contributed by atoms with Gasteiger partial charge in [-0.05, 0) is 18.2 Å². The van der Waals surface area contributed by atoms with Crippen molar-refractivity contribution in [3.8, 4) is 5.75 Å². The molecule has 0 spiro atoms. The first-order valence-electron chi connectivity index (χ1n) is 5.63. The van der Waals surface area contributed by atoms with Crippen molar-refractivity contribution in [2.75, 3.05) is 5.32 Å². The summed E-state index contributed by atoms with van der Waals surface area (Å²) in [7, 11) is 0. The van der Waals surface area contributed by atoms with E-state index in [2.05, 4.69) is 15.0 Å². The van der Waals surface area contributed by atoms with E-state index in [4.69, 9.17) is 0 Å². The molecule has 20 heavy (non-hydrogen) atoms. The highest BCUT2D eigenvalue weighted by Gasteiger charge is 2.31. The van der Waals surface area contributed by atoms with Gasteiger partial charge in [0.2, 0.25) is 0 Å². The molecule has 0 atom stereocenters. The van der Waals surface area contributed by atoms with Gasteiger partial charge in [-0.1, -0.05) is 18.2 Å². The molecule has 0 bridgehead atoms. The number of hydrogen-bond acceptors (Lipinski definition) is 3. The second-order valence-corrected chi connectivity index (χ2v) is 3.87. The third kappa shape index (κ3) is 4.11. The van der Waals surface area contributed by atoms with Crippen molar-refractivity contribution in [2.24, 2.45) is 0 Å². The Hall–Kier alpha value is -2.31. The number of halogens is 4. The first-order valence-corrected chi connectivity index (χ1v) is 5.63. The summed E-state index contributed by atoms with van der Waals surface area (Å²) in [5.41, 5.74) is 0.435. The molecule has 0 amide bonds. The number of hydrogen-bond donors (Lipinski definition) is 1. The van der Waals surface area contributed by atoms with Crippen molar-refractivity contribution in [3.05, 3.63) is 54.0 Å². The summed E-state index contributed by atoms with van der Waals surface area (Å²) in [5, 5.41) is 2.80. The number of benzene rings is 1. The summed E-state index contributed by atoms with van der Waals surface area (Å²) in [6.07, 6.45) is -3.80. The fourth-order valence-corrected chi connectivity index (χ4v) is 1.51. The summed E-state index contributed by atoms with van der Waals surface area (Å²) in [4.78, 5) is 3.75. The number of anilines is 1. The van der Waals surface area contributed by atoms with Crippen LogP contribution in [0.15, 0.2) is 42.6 Å². The van der Waals surface area contributed by atoms with E-state index in [1.165, 1.54) is 12.1 Å². The molecule has 1 heterocycles. The van der Waals surface area contributed by atoms with Crippen molar-refractivity contribution in [2.45, 2.75) is 12.9 Å². The number of rotatable bonds is 4. The molecule has 7 heteroatoms. The maximum atomic E-state index is 13.3. The number of ether oxygens (including phenoxy) is 1. The number of alkyl halides is 3. The molecule has 0 saturated heterocycles. The molecule has 0 aliphatic carbocycles. The fourth-order valence-electron chi connectivity index (χ4n) is 1.51. The zero-order valence-electron chi connectivity index (χ0n) is 10.1. The van der Waals surface area contributed by atoms with Crippen LogP contribution in [0.3, 0.4) is 0 Å². The molecule has 1 N–H and O–H groups in total. The zero-order valence-corrected chi connectivity index (χ0v) is 10.1. The molecule has 0 aliphatic heterocycles. The summed E-state index contributed by atoms with van der Waals surface area (Å²) in [6, 6.07) is 8.63. The fraction of sp³-hybridized carbons (Fsp3) is 0.154. The van der Waals surface area contributed by atoms with Crippen molar-refractivity contribution in [1.29, 1.82) is 0 Å². The molecular weight excluding hydrogens is 276 g/mol. The quantitative estimate of drug-likeness (QED) is 0.870. The molecule has 0 aliphatic rings. The molecule has 0 fully saturated rings. The first kappa shape index (κ1) is 14.1. The van der Waals surface area contributed by atoms with E-state index in [9.17, 15) is 17.6 Å². The highest BCUT2D eigenvalue weighted by molar-refractivity contribution is 5.38. The SMILES string of the molecule is Fc1ccccc1CNc1ccc(OC(F)(F)F)cn1. The maximum Gasteiger partial charge on any atom is 0.573 e. The van der Waals surface area contributed by atoms with Crippen LogP contribution in [-0.2, 0) is 6.54 Å². The molecule has 2 aromatic rings. The number of nitrogens with zero attached hydrogens (tertiary/aromatic N) is 1. The van der Waals surface area contributed by atoms with Crippen LogP contribution in [0, 0.1) is 5.82 Å². The van der Waals surface area contributed by atoms with Crippen LogP contribution in [0.4, 0.5) is 23.4 Å². The van der Waals surface area contributed by atoms with Crippen LogP contribution in [0.1, 0.15) is 5.56 Å². The van der Waals surface area contributed by atoms with Crippen molar-refractivity contribution < 1.29 is 22.3 Å². The van der Waals surface area contributed by atoms with Crippen LogP contribution in [0.2, 0.25) is 0 Å². The van der Waals surface area contributed by atoms with Gasteiger partial charge in [-0.25, -0.2) is 9.37 Å². The third-order valence-corrected chi connectivity index (χ3v) is 2.39. The molecule has 1 aromatic carbocycles. The molecule has 0 radical (unpaired) electrons. The van der Waals surface area contributed by atoms with Crippen molar-refractivity contribution in [3.63, 3.8) is 0 Å². The lowest BCUT2D eigenvalue weighted by Gasteiger charge is -2.10. The highest BCUT2D eigenvalue weighted by Crippen LogP contribution is 2.22. The van der Waals surface area contributed by atoms with E-state index in [1.807, 2.05) is 0 Å². The Balaban J connectivity index is 1.96. The van der Waals surface area contributed by atoms with Gasteiger partial charge < -0.3 is 10.1 Å². The lowest BCUT2D eigenvalue weighted by molar-refractivity contribution is -0.274. The second kappa shape index (κ2) is 5.77. The lowest BCUT2D eigenvalue weighted by atomic mass is 10.2. The molecule has 0 unspecified atom stereocenters. The normalized spacial score (nSPS) is 11.2. The molecule has 1 aromatic heterocycles. The van der Waals surface area contributed by atoms with Gasteiger partial charge >= 0.3 is 6.36 Å². The van der Waals surface area contributed by atoms with Gasteiger partial charge in [0, 0.05) is 12.1 Å². The van der Waals surface area contributed by atoms with Crippen LogP contribution >= 0.6 is 0 Å². The minimum atomic E-state index is -4.75. The largest absolute Gasteiger partial charge is 0.573 e. The van der Waals surface area contributed by atoms with Crippen LogP contribution in [-0.4, -0.2) is 11.3 Å². The topological polar surface area (TPSA) is 34.1 Å². The van der Waals surface area contributed by atoms with Gasteiger partial charge in [0.15, 0.2) is 0 Å². The van der Waals surface area contributed by atoms with Crippen LogP contribution < -0.4 is 10.1 Å². The van der Waals surface area contributed by atoms with Gasteiger partial charge in [-0.3, -0.25) is 0 Å². The predicted octanol–water partition coefficient (Wildman–Crippen LogP) is 3.73. The second-order valence-electron chi connectivity index (χ2n) is 3.87. The standard InChI is InChI=1S/C13H10F4N2O/c14-11-4-2-1-3-9(11)7-18-12-6-5-10(8-19-12)20-13(15,16)17/h1-6,8H,7H2,(H,18,19). The van der Waals surface area contributed by atoms with Gasteiger partial charge in [-0.15, -0.1) is 13.2 Å². The number of aromatic nitrogens is 1. The van der Waals surface area contributed by atoms with Gasteiger partial charge in [0.05, 0.1) is 6.20 Å². The average molecular weight is 286 g/mol. The summed E-state index contributed by atoms with van der Waals surface area (Å²) < 4.78 is 52.9. The van der Waals surface area contributed by atoms with Crippen LogP contribution in [0.5, 0.6) is 5.75 Å². The van der Waals surface area contributed by atoms with Gasteiger partial charge in [0.1, 0.15) is 17.4 Å². The summed E-state index contributed by atoms with van der Waals surface area (Å²) in [6.45, 7) is 0.180. The zero-order chi connectivity index (χ0) is 14.6. The predicted molar refractivity (Wildman–Crippen MR) is 64.6 cm³/mol. The van der Waals surface area contributed by atoms with E-state index in [1.54, 1.807) is 18.2 Å². The summed E-state index contributed by atoms with van der Waals surface area (Å²) >= 11 is 0. The highest BCUT2D eigenvalue weighted by atomic mass is 19.4. The minimum absolute atomic E-state index is 0.180. The Labute approximate surface area is 112 Å². The molecule has 2 rings (SSSR count). The van der Waals surface area contributed by atoms with Crippen LogP contribution in [0.25, 0.3) is 0 Å². The minimum Gasteiger partial charge on any atom is -0.404 e. The lowest BCUT2D eigenvalue weighted by Crippen LogP contribution is -2.17. The van der Waals surface area contributed by atoms with E-state index in [-0.39, 0.29) is 12.4 Å². The van der Waals surface area contributed by atoms with Gasteiger partial charge in [0.25, 0.3) is 0 Å². The average Bonchev–Trinajstić information content (AvgIpc) is 2.38. The van der Waals surface area contributed by atoms with E-state index >= 15 is 0 Å². The Kier molecular flexibility index (Phi) is 4.07. The molecule has 0 saturated carbocycles. The Morgan fingerprint density at radius 3 is 2.45 bits per heavy atom. The Bertz CT molecular complexity index is 569. The van der Waals surface area contributed by atoms with Crippen molar-refractivity contribution in [1.82, 2.24) is 4.98 Å². The third-order valence-electron chi connectivity index (χ3n) is 2.39. The number of nitrogens with one attached hydrogen (secondary N) is 1. The summed E-state index contributed by atoms with van der Waals surface area (Å²) in [5.74, 6) is -0.450. The number of pyridine rings is 1. The van der Waals surface area contributed by atoms with E-state index in [0.717, 1.165) is 12.3 Å². The molecule has 106 valence electrons. The maximum absolute atomic E-state index is 13.3. The Morgan fingerprint density at radius 2 is 1.85 bits per heavy atom. The van der Waals surface area contributed by atoms with Gasteiger partial charge in [-0.2, -0.15) is 0 Å². The van der Waals surface area contributed by atoms with E-state index in [0.29, 0.717) is 11.4 Å². The molecular formula is C13H10F4N2O. The smallest absolute Gasteiger partial charge is 0.404 e. The molecule has 3 nitrogen and oxygen atoms in total. The van der Waals surface area contributed by atoms with E-state index < -0.39 is 12.1 Å². The first-order chi connectivity index (χ1) is 9.44.